The van der Waals surface area contributed by atoms with Crippen LogP contribution in [0, 0.1) is 11.6 Å². The molecule has 1 amide bonds. The number of carboxylic acids is 1. The van der Waals surface area contributed by atoms with Crippen molar-refractivity contribution in [2.75, 3.05) is 5.32 Å². The second kappa shape index (κ2) is 6.06. The van der Waals surface area contributed by atoms with Crippen LogP contribution >= 0.6 is 11.3 Å². The van der Waals surface area contributed by atoms with Gasteiger partial charge in [-0.15, -0.1) is 0 Å². The Kier molecular flexibility index (Phi) is 3.84. The van der Waals surface area contributed by atoms with Crippen LogP contribution in [0.4, 0.5) is 14.5 Å². The van der Waals surface area contributed by atoms with E-state index in [-0.39, 0.29) is 29.3 Å². The highest BCUT2D eigenvalue weighted by Crippen LogP contribution is 2.42. The maximum Gasteiger partial charge on any atom is 0.339 e. The van der Waals surface area contributed by atoms with E-state index in [0.29, 0.717) is 5.69 Å². The number of rotatable bonds is 3. The Morgan fingerprint density at radius 3 is 2.62 bits per heavy atom. The molecule has 5 nitrogen and oxygen atoms in total. The van der Waals surface area contributed by atoms with Gasteiger partial charge in [0.15, 0.2) is 0 Å². The standard InChI is InChI=1S/C18H12F2N2O3S/c19-10-3-11(20)5-12(4-10)22-7-14(18(24)25)16-17(22)13(6-15(23)21-16)9-1-2-26-8-9/h1-5,7-8,13H,6H2,(H,21,23)(H,24,25)/t13-/m0/s1. The first-order chi connectivity index (χ1) is 12.4. The van der Waals surface area contributed by atoms with Crippen LogP contribution in [0.3, 0.4) is 0 Å². The molecule has 1 aromatic carbocycles. The lowest BCUT2D eigenvalue weighted by Crippen LogP contribution is -2.25. The molecule has 132 valence electrons. The van der Waals surface area contributed by atoms with Gasteiger partial charge < -0.3 is 15.0 Å². The van der Waals surface area contributed by atoms with Crippen LogP contribution in [-0.4, -0.2) is 21.6 Å². The van der Waals surface area contributed by atoms with Gasteiger partial charge in [-0.05, 0) is 34.5 Å². The van der Waals surface area contributed by atoms with Crippen LogP contribution in [-0.2, 0) is 4.79 Å². The maximum atomic E-state index is 13.7. The molecule has 0 aliphatic carbocycles. The third-order valence-corrected chi connectivity index (χ3v) is 5.03. The first kappa shape index (κ1) is 16.5. The van der Waals surface area contributed by atoms with Crippen molar-refractivity contribution in [3.63, 3.8) is 0 Å². The van der Waals surface area contributed by atoms with Gasteiger partial charge in [-0.2, -0.15) is 11.3 Å². The molecule has 0 radical (unpaired) electrons. The van der Waals surface area contributed by atoms with Crippen molar-refractivity contribution in [2.45, 2.75) is 12.3 Å². The highest BCUT2D eigenvalue weighted by Gasteiger charge is 2.34. The summed E-state index contributed by atoms with van der Waals surface area (Å²) in [7, 11) is 0. The van der Waals surface area contributed by atoms with E-state index in [0.717, 1.165) is 23.8 Å². The fourth-order valence-corrected chi connectivity index (χ4v) is 3.98. The molecule has 2 aromatic heterocycles. The minimum absolute atomic E-state index is 0.116. The number of nitrogens with zero attached hydrogens (tertiary/aromatic N) is 1. The Bertz CT molecular complexity index is 1010. The second-order valence-corrected chi connectivity index (χ2v) is 6.75. The van der Waals surface area contributed by atoms with Crippen LogP contribution in [0.2, 0.25) is 0 Å². The van der Waals surface area contributed by atoms with Crippen molar-refractivity contribution in [1.29, 1.82) is 0 Å². The molecule has 0 saturated carbocycles. The van der Waals surface area contributed by atoms with Gasteiger partial charge in [-0.25, -0.2) is 13.6 Å². The topological polar surface area (TPSA) is 71.3 Å². The largest absolute Gasteiger partial charge is 0.478 e. The molecule has 0 unspecified atom stereocenters. The quantitative estimate of drug-likeness (QED) is 0.728. The predicted molar refractivity (Wildman–Crippen MR) is 92.1 cm³/mol. The molecule has 26 heavy (non-hydrogen) atoms. The predicted octanol–water partition coefficient (Wildman–Crippen LogP) is 3.99. The molecular formula is C18H12F2N2O3S. The zero-order chi connectivity index (χ0) is 18.4. The van der Waals surface area contributed by atoms with Gasteiger partial charge in [0.2, 0.25) is 5.91 Å². The number of hydrogen-bond donors (Lipinski definition) is 2. The average Bonchev–Trinajstić information content (AvgIpc) is 3.21. The average molecular weight is 374 g/mol. The van der Waals surface area contributed by atoms with E-state index in [2.05, 4.69) is 5.32 Å². The van der Waals surface area contributed by atoms with E-state index >= 15 is 0 Å². The fourth-order valence-electron chi connectivity index (χ4n) is 3.27. The van der Waals surface area contributed by atoms with Crippen molar-refractivity contribution in [1.82, 2.24) is 4.57 Å². The number of aromatic nitrogens is 1. The molecule has 0 bridgehead atoms. The van der Waals surface area contributed by atoms with Crippen LogP contribution < -0.4 is 5.32 Å². The number of carbonyl (C=O) groups excluding carboxylic acids is 1. The fraction of sp³-hybridized carbons (Fsp3) is 0.111. The Morgan fingerprint density at radius 1 is 1.27 bits per heavy atom. The molecule has 0 spiro atoms. The van der Waals surface area contributed by atoms with E-state index in [1.807, 2.05) is 16.8 Å². The summed E-state index contributed by atoms with van der Waals surface area (Å²) in [4.78, 5) is 23.8. The summed E-state index contributed by atoms with van der Waals surface area (Å²) < 4.78 is 28.8. The lowest BCUT2D eigenvalue weighted by atomic mass is 9.90. The minimum atomic E-state index is -1.23. The molecule has 3 aromatic rings. The second-order valence-electron chi connectivity index (χ2n) is 5.97. The highest BCUT2D eigenvalue weighted by atomic mass is 32.1. The molecule has 4 rings (SSSR count). The number of anilines is 1. The number of fused-ring (bicyclic) bond motifs is 1. The monoisotopic (exact) mass is 374 g/mol. The Hall–Kier alpha value is -3.00. The molecular weight excluding hydrogens is 362 g/mol. The van der Waals surface area contributed by atoms with E-state index in [1.165, 1.54) is 22.1 Å². The third-order valence-electron chi connectivity index (χ3n) is 4.33. The summed E-state index contributed by atoms with van der Waals surface area (Å²) in [6.45, 7) is 0. The van der Waals surface area contributed by atoms with Crippen LogP contribution in [0.15, 0.2) is 41.2 Å². The van der Waals surface area contributed by atoms with E-state index < -0.39 is 23.5 Å². The molecule has 3 heterocycles. The number of carbonyl (C=O) groups is 2. The first-order valence-electron chi connectivity index (χ1n) is 7.71. The lowest BCUT2D eigenvalue weighted by molar-refractivity contribution is -0.116. The van der Waals surface area contributed by atoms with Gasteiger partial charge in [0.1, 0.15) is 17.2 Å². The van der Waals surface area contributed by atoms with Gasteiger partial charge in [0.05, 0.1) is 17.1 Å². The number of carboxylic acid groups (broad SMARTS) is 1. The Balaban J connectivity index is 2.00. The molecule has 1 atom stereocenters. The molecule has 0 saturated heterocycles. The summed E-state index contributed by atoms with van der Waals surface area (Å²) in [5.74, 6) is -3.50. The van der Waals surface area contributed by atoms with Gasteiger partial charge in [0, 0.05) is 24.6 Å². The summed E-state index contributed by atoms with van der Waals surface area (Å²) in [5.41, 5.74) is 1.53. The van der Waals surface area contributed by atoms with Gasteiger partial charge in [-0.3, -0.25) is 4.79 Å². The Labute approximate surface area is 150 Å². The normalized spacial score (nSPS) is 16.2. The summed E-state index contributed by atoms with van der Waals surface area (Å²) in [6, 6.07) is 4.84. The molecule has 1 aliphatic heterocycles. The smallest absolute Gasteiger partial charge is 0.339 e. The molecule has 8 heteroatoms. The number of halogens is 2. The summed E-state index contributed by atoms with van der Waals surface area (Å²) >= 11 is 1.45. The number of amides is 1. The van der Waals surface area contributed by atoms with Crippen molar-refractivity contribution in [3.05, 3.63) is 69.7 Å². The third kappa shape index (κ3) is 2.68. The minimum Gasteiger partial charge on any atom is -0.478 e. The number of thiophene rings is 1. The van der Waals surface area contributed by atoms with Gasteiger partial charge >= 0.3 is 5.97 Å². The van der Waals surface area contributed by atoms with Crippen molar-refractivity contribution < 1.29 is 23.5 Å². The van der Waals surface area contributed by atoms with E-state index in [4.69, 9.17) is 0 Å². The number of aromatic carboxylic acids is 1. The molecule has 1 aliphatic rings. The van der Waals surface area contributed by atoms with Crippen LogP contribution in [0.1, 0.15) is 34.0 Å². The van der Waals surface area contributed by atoms with Gasteiger partial charge in [-0.1, -0.05) is 0 Å². The summed E-state index contributed by atoms with van der Waals surface area (Å²) in [5, 5.41) is 15.8. The van der Waals surface area contributed by atoms with Crippen LogP contribution in [0.5, 0.6) is 0 Å². The molecule has 0 fully saturated rings. The Morgan fingerprint density at radius 2 is 2.00 bits per heavy atom. The highest BCUT2D eigenvalue weighted by molar-refractivity contribution is 7.08. The van der Waals surface area contributed by atoms with Crippen molar-refractivity contribution in [3.8, 4) is 5.69 Å². The lowest BCUT2D eigenvalue weighted by Gasteiger charge is -2.25. The number of nitrogens with one attached hydrogen (secondary N) is 1. The maximum absolute atomic E-state index is 13.7. The zero-order valence-corrected chi connectivity index (χ0v) is 14.0. The van der Waals surface area contributed by atoms with Crippen molar-refractivity contribution >= 4 is 28.9 Å². The number of benzene rings is 1. The zero-order valence-electron chi connectivity index (χ0n) is 13.2. The van der Waals surface area contributed by atoms with E-state index in [9.17, 15) is 23.5 Å². The number of hydrogen-bond acceptors (Lipinski definition) is 3. The molecule has 2 N–H and O–H groups in total. The SMILES string of the molecule is O=C1C[C@@H](c2ccsc2)c2c(c(C(=O)O)cn2-c2cc(F)cc(F)c2)N1. The first-order valence-corrected chi connectivity index (χ1v) is 8.65. The summed E-state index contributed by atoms with van der Waals surface area (Å²) in [6.07, 6.45) is 1.40. The van der Waals surface area contributed by atoms with E-state index in [1.54, 1.807) is 0 Å². The van der Waals surface area contributed by atoms with Crippen LogP contribution in [0.25, 0.3) is 5.69 Å². The van der Waals surface area contributed by atoms with Crippen molar-refractivity contribution in [2.24, 2.45) is 0 Å². The van der Waals surface area contributed by atoms with Gasteiger partial charge in [0.25, 0.3) is 0 Å².